The molecule has 5 rings (SSSR count). The summed E-state index contributed by atoms with van der Waals surface area (Å²) in [4.78, 5) is 13.5. The Balaban J connectivity index is 1.43. The molecule has 1 N–H and O–H groups in total. The van der Waals surface area contributed by atoms with Gasteiger partial charge in [-0.1, -0.05) is 65.7 Å². The Labute approximate surface area is 250 Å². The lowest BCUT2D eigenvalue weighted by atomic mass is 10.2. The standard InChI is InChI=1S/C33H27ClN2O5S/c1-24-12-19-30(20-13-24)42(38,39)36(26-15-17-29(18-16-26)40-27-8-4-2-5-9-27)23-33(37)35-31-22-25(34)14-21-32(31)41-28-10-6-3-7-11-28/h2-22H,23H2,1H3,(H,35,37). The highest BCUT2D eigenvalue weighted by atomic mass is 35.5. The van der Waals surface area contributed by atoms with Gasteiger partial charge in [-0.25, -0.2) is 8.42 Å². The fourth-order valence-electron chi connectivity index (χ4n) is 4.08. The van der Waals surface area contributed by atoms with Gasteiger partial charge in [0.05, 0.1) is 16.3 Å². The third kappa shape index (κ3) is 7.09. The van der Waals surface area contributed by atoms with Crippen LogP contribution in [0, 0.1) is 6.92 Å². The molecule has 0 unspecified atom stereocenters. The second-order valence-electron chi connectivity index (χ2n) is 9.34. The average molecular weight is 599 g/mol. The van der Waals surface area contributed by atoms with Crippen molar-refractivity contribution in [2.45, 2.75) is 11.8 Å². The molecule has 0 aliphatic heterocycles. The van der Waals surface area contributed by atoms with Crippen LogP contribution < -0.4 is 19.1 Å². The molecule has 7 nitrogen and oxygen atoms in total. The molecule has 0 saturated carbocycles. The van der Waals surface area contributed by atoms with Crippen molar-refractivity contribution in [2.24, 2.45) is 0 Å². The minimum absolute atomic E-state index is 0.0568. The lowest BCUT2D eigenvalue weighted by Gasteiger charge is -2.24. The number of hydrogen-bond acceptors (Lipinski definition) is 5. The van der Waals surface area contributed by atoms with Gasteiger partial charge in [-0.05, 0) is 85.8 Å². The minimum atomic E-state index is -4.12. The Morgan fingerprint density at radius 1 is 0.738 bits per heavy atom. The number of amides is 1. The largest absolute Gasteiger partial charge is 0.457 e. The van der Waals surface area contributed by atoms with Gasteiger partial charge < -0.3 is 14.8 Å². The molecule has 42 heavy (non-hydrogen) atoms. The Kier molecular flexibility index (Phi) is 8.76. The third-order valence-electron chi connectivity index (χ3n) is 6.19. The van der Waals surface area contributed by atoms with E-state index in [0.717, 1.165) is 9.87 Å². The Bertz CT molecular complexity index is 1760. The molecule has 0 bridgehead atoms. The third-order valence-corrected chi connectivity index (χ3v) is 8.21. The maximum atomic E-state index is 13.8. The van der Waals surface area contributed by atoms with Crippen LogP contribution >= 0.6 is 11.6 Å². The Morgan fingerprint density at radius 2 is 1.31 bits per heavy atom. The lowest BCUT2D eigenvalue weighted by molar-refractivity contribution is -0.114. The van der Waals surface area contributed by atoms with Crippen LogP contribution in [0.2, 0.25) is 5.02 Å². The molecule has 0 spiro atoms. The number of sulfonamides is 1. The van der Waals surface area contributed by atoms with Crippen molar-refractivity contribution in [1.82, 2.24) is 0 Å². The summed E-state index contributed by atoms with van der Waals surface area (Å²) in [6, 6.07) is 36.1. The maximum Gasteiger partial charge on any atom is 0.264 e. The van der Waals surface area contributed by atoms with Crippen molar-refractivity contribution in [1.29, 1.82) is 0 Å². The predicted octanol–water partition coefficient (Wildman–Crippen LogP) is 8.07. The molecular formula is C33H27ClN2O5S. The summed E-state index contributed by atoms with van der Waals surface area (Å²) >= 11 is 6.22. The number of nitrogens with zero attached hydrogens (tertiary/aromatic N) is 1. The van der Waals surface area contributed by atoms with Crippen LogP contribution in [0.5, 0.6) is 23.0 Å². The van der Waals surface area contributed by atoms with Crippen LogP contribution in [-0.2, 0) is 14.8 Å². The molecule has 5 aromatic carbocycles. The molecule has 0 aliphatic rings. The van der Waals surface area contributed by atoms with E-state index in [1.165, 1.54) is 12.1 Å². The first-order valence-electron chi connectivity index (χ1n) is 13.0. The van der Waals surface area contributed by atoms with E-state index in [1.807, 2.05) is 55.5 Å². The van der Waals surface area contributed by atoms with E-state index in [4.69, 9.17) is 21.1 Å². The van der Waals surface area contributed by atoms with Gasteiger partial charge in [0.15, 0.2) is 5.75 Å². The van der Waals surface area contributed by atoms with Crippen LogP contribution in [0.15, 0.2) is 132 Å². The molecule has 0 fully saturated rings. The topological polar surface area (TPSA) is 84.9 Å². The van der Waals surface area contributed by atoms with Crippen molar-refractivity contribution >= 4 is 38.9 Å². The van der Waals surface area contributed by atoms with Crippen LogP contribution in [0.3, 0.4) is 0 Å². The van der Waals surface area contributed by atoms with Gasteiger partial charge in [-0.2, -0.15) is 0 Å². The summed E-state index contributed by atoms with van der Waals surface area (Å²) in [6.07, 6.45) is 0. The molecule has 0 radical (unpaired) electrons. The van der Waals surface area contributed by atoms with Crippen molar-refractivity contribution in [2.75, 3.05) is 16.2 Å². The maximum absolute atomic E-state index is 13.8. The molecule has 212 valence electrons. The van der Waals surface area contributed by atoms with Gasteiger partial charge in [0.1, 0.15) is 23.8 Å². The summed E-state index contributed by atoms with van der Waals surface area (Å²) in [6.45, 7) is 1.36. The van der Waals surface area contributed by atoms with Crippen LogP contribution in [-0.4, -0.2) is 20.9 Å². The SMILES string of the molecule is Cc1ccc(S(=O)(=O)N(CC(=O)Nc2cc(Cl)ccc2Oc2ccccc2)c2ccc(Oc3ccccc3)cc2)cc1. The first kappa shape index (κ1) is 28.7. The molecule has 9 heteroatoms. The number of rotatable bonds is 10. The first-order chi connectivity index (χ1) is 20.3. The quantitative estimate of drug-likeness (QED) is 0.176. The van der Waals surface area contributed by atoms with Gasteiger partial charge in [-0.3, -0.25) is 9.10 Å². The number of ether oxygens (including phenoxy) is 2. The molecule has 0 saturated heterocycles. The zero-order valence-electron chi connectivity index (χ0n) is 22.6. The average Bonchev–Trinajstić information content (AvgIpc) is 2.99. The highest BCUT2D eigenvalue weighted by Gasteiger charge is 2.28. The van der Waals surface area contributed by atoms with Crippen molar-refractivity contribution in [3.63, 3.8) is 0 Å². The van der Waals surface area contributed by atoms with E-state index >= 15 is 0 Å². The van der Waals surface area contributed by atoms with Crippen molar-refractivity contribution in [3.8, 4) is 23.0 Å². The highest BCUT2D eigenvalue weighted by molar-refractivity contribution is 7.92. The molecule has 1 amide bonds. The van der Waals surface area contributed by atoms with Gasteiger partial charge in [0.2, 0.25) is 5.91 Å². The van der Waals surface area contributed by atoms with E-state index in [-0.39, 0.29) is 10.6 Å². The number of benzene rings is 5. The number of para-hydroxylation sites is 2. The van der Waals surface area contributed by atoms with Gasteiger partial charge >= 0.3 is 0 Å². The molecular weight excluding hydrogens is 572 g/mol. The predicted molar refractivity (Wildman–Crippen MR) is 165 cm³/mol. The number of carbonyl (C=O) groups excluding carboxylic acids is 1. The number of hydrogen-bond donors (Lipinski definition) is 1. The van der Waals surface area contributed by atoms with Crippen LogP contribution in [0.1, 0.15) is 5.56 Å². The van der Waals surface area contributed by atoms with Gasteiger partial charge in [0, 0.05) is 5.02 Å². The summed E-state index contributed by atoms with van der Waals surface area (Å²) in [5.74, 6) is 1.49. The van der Waals surface area contributed by atoms with Crippen molar-refractivity contribution in [3.05, 3.63) is 138 Å². The van der Waals surface area contributed by atoms with E-state index in [2.05, 4.69) is 5.32 Å². The zero-order valence-corrected chi connectivity index (χ0v) is 24.2. The molecule has 0 heterocycles. The minimum Gasteiger partial charge on any atom is -0.457 e. The summed E-state index contributed by atoms with van der Waals surface area (Å²) in [7, 11) is -4.12. The van der Waals surface area contributed by atoms with Crippen LogP contribution in [0.4, 0.5) is 11.4 Å². The lowest BCUT2D eigenvalue weighted by Crippen LogP contribution is -2.38. The number of carbonyl (C=O) groups is 1. The van der Waals surface area contributed by atoms with Gasteiger partial charge in [-0.15, -0.1) is 0 Å². The Hall–Kier alpha value is -4.79. The second kappa shape index (κ2) is 12.8. The molecule has 0 atom stereocenters. The zero-order chi connectivity index (χ0) is 29.5. The fourth-order valence-corrected chi connectivity index (χ4v) is 5.68. The van der Waals surface area contributed by atoms with E-state index < -0.39 is 22.5 Å². The fraction of sp³-hybridized carbons (Fsp3) is 0.0606. The van der Waals surface area contributed by atoms with Gasteiger partial charge in [0.25, 0.3) is 10.0 Å². The highest BCUT2D eigenvalue weighted by Crippen LogP contribution is 2.33. The molecule has 0 aromatic heterocycles. The number of aryl methyl sites for hydroxylation is 1. The van der Waals surface area contributed by atoms with Crippen LogP contribution in [0.25, 0.3) is 0 Å². The summed E-state index contributed by atoms with van der Waals surface area (Å²) in [5.41, 5.74) is 1.50. The normalized spacial score (nSPS) is 11.0. The molecule has 5 aromatic rings. The van der Waals surface area contributed by atoms with E-state index in [9.17, 15) is 13.2 Å². The van der Waals surface area contributed by atoms with Crippen molar-refractivity contribution < 1.29 is 22.7 Å². The monoisotopic (exact) mass is 598 g/mol. The Morgan fingerprint density at radius 3 is 1.93 bits per heavy atom. The number of halogens is 1. The number of anilines is 2. The van der Waals surface area contributed by atoms with E-state index in [1.54, 1.807) is 66.7 Å². The number of nitrogens with one attached hydrogen (secondary N) is 1. The molecule has 0 aliphatic carbocycles. The first-order valence-corrected chi connectivity index (χ1v) is 14.8. The summed E-state index contributed by atoms with van der Waals surface area (Å²) < 4.78 is 40.5. The van der Waals surface area contributed by atoms with E-state index in [0.29, 0.717) is 33.7 Å². The second-order valence-corrected chi connectivity index (χ2v) is 11.6. The smallest absolute Gasteiger partial charge is 0.264 e. The summed E-state index contributed by atoms with van der Waals surface area (Å²) in [5, 5.41) is 3.15.